The van der Waals surface area contributed by atoms with Crippen LogP contribution < -0.4 is 0 Å². The first-order chi connectivity index (χ1) is 5.29. The van der Waals surface area contributed by atoms with Gasteiger partial charge in [-0.1, -0.05) is 0 Å². The zero-order chi connectivity index (χ0) is 7.84. The molecule has 0 bridgehead atoms. The molecule has 0 radical (unpaired) electrons. The van der Waals surface area contributed by atoms with Crippen molar-refractivity contribution in [2.75, 3.05) is 0 Å². The van der Waals surface area contributed by atoms with Crippen molar-refractivity contribution in [3.8, 4) is 0 Å². The summed E-state index contributed by atoms with van der Waals surface area (Å²) in [5, 5.41) is 3.54. The quantitative estimate of drug-likeness (QED) is 0.598. The summed E-state index contributed by atoms with van der Waals surface area (Å²) in [5.41, 5.74) is 0. The Hall–Kier alpha value is 0.640. The van der Waals surface area contributed by atoms with Crippen LogP contribution in [0.15, 0.2) is 23.6 Å². The summed E-state index contributed by atoms with van der Waals surface area (Å²) >= 11 is 6.57. The van der Waals surface area contributed by atoms with Gasteiger partial charge in [-0.3, -0.25) is 0 Å². The molecule has 2 rings (SSSR count). The first kappa shape index (κ1) is 8.25. The average Bonchev–Trinajstić information content (AvgIpc) is 2.45. The highest BCUT2D eigenvalue weighted by molar-refractivity contribution is 14.1. The lowest BCUT2D eigenvalue weighted by Crippen LogP contribution is -1.74. The van der Waals surface area contributed by atoms with E-state index in [1.54, 1.807) is 0 Å². The third-order valence-corrected chi connectivity index (χ3v) is 4.67. The van der Waals surface area contributed by atoms with Gasteiger partial charge in [0.25, 0.3) is 0 Å². The van der Waals surface area contributed by atoms with E-state index in [4.69, 9.17) is 0 Å². The van der Waals surface area contributed by atoms with Crippen molar-refractivity contribution >= 4 is 66.6 Å². The van der Waals surface area contributed by atoms with Crippen LogP contribution in [0.4, 0.5) is 0 Å². The van der Waals surface area contributed by atoms with Gasteiger partial charge in [-0.15, -0.1) is 11.3 Å². The molecule has 0 nitrogen and oxygen atoms in total. The molecule has 0 amide bonds. The molecule has 0 aliphatic rings. The van der Waals surface area contributed by atoms with Crippen LogP contribution >= 0.6 is 56.5 Å². The molecule has 0 aliphatic carbocycles. The zero-order valence-corrected chi connectivity index (χ0v) is 10.6. The van der Waals surface area contributed by atoms with Gasteiger partial charge in [0, 0.05) is 17.2 Å². The summed E-state index contributed by atoms with van der Waals surface area (Å²) in [6, 6.07) is 6.52. The van der Waals surface area contributed by atoms with Gasteiger partial charge in [0.2, 0.25) is 0 Å². The third-order valence-electron chi connectivity index (χ3n) is 1.52. The molecular formula is C8H4I2S. The van der Waals surface area contributed by atoms with Crippen LogP contribution in [0.1, 0.15) is 0 Å². The lowest BCUT2D eigenvalue weighted by Gasteiger charge is -1.95. The molecule has 0 atom stereocenters. The number of benzene rings is 1. The van der Waals surface area contributed by atoms with Gasteiger partial charge >= 0.3 is 0 Å². The lowest BCUT2D eigenvalue weighted by molar-refractivity contribution is 1.74. The van der Waals surface area contributed by atoms with E-state index in [1.807, 2.05) is 11.3 Å². The molecule has 0 spiro atoms. The lowest BCUT2D eigenvalue weighted by atomic mass is 10.3. The van der Waals surface area contributed by atoms with Gasteiger partial charge in [0.05, 0.1) is 0 Å². The molecule has 3 heteroatoms. The first-order valence-corrected chi connectivity index (χ1v) is 6.14. The van der Waals surface area contributed by atoms with E-state index in [2.05, 4.69) is 68.8 Å². The predicted octanol–water partition coefficient (Wildman–Crippen LogP) is 4.11. The molecule has 0 N–H and O–H groups in total. The fourth-order valence-electron chi connectivity index (χ4n) is 0.994. The highest BCUT2D eigenvalue weighted by Gasteiger charge is 2.01. The molecule has 56 valence electrons. The maximum Gasteiger partial charge on any atom is 0.0486 e. The van der Waals surface area contributed by atoms with Crippen LogP contribution in [0.3, 0.4) is 0 Å². The normalized spacial score (nSPS) is 10.7. The number of halogens is 2. The topological polar surface area (TPSA) is 0 Å². The maximum absolute atomic E-state index is 2.38. The molecule has 0 unspecified atom stereocenters. The van der Waals surface area contributed by atoms with E-state index in [0.29, 0.717) is 0 Å². The Labute approximate surface area is 96.3 Å². The smallest absolute Gasteiger partial charge is 0.0486 e. The summed E-state index contributed by atoms with van der Waals surface area (Å²) in [7, 11) is 0. The standard InChI is InChI=1S/C8H4I2S/c9-6-1-2-7(10)8-5(6)3-4-11-8/h1-4H. The van der Waals surface area contributed by atoms with Gasteiger partial charge in [-0.25, -0.2) is 0 Å². The SMILES string of the molecule is Ic1ccc(I)c2sccc12. The molecule has 0 fully saturated rings. The van der Waals surface area contributed by atoms with Gasteiger partial charge in [-0.05, 0) is 68.8 Å². The molecule has 2 aromatic rings. The van der Waals surface area contributed by atoms with Crippen molar-refractivity contribution in [1.82, 2.24) is 0 Å². The second-order valence-electron chi connectivity index (χ2n) is 2.19. The molecule has 0 saturated heterocycles. The minimum absolute atomic E-state index is 1.35. The van der Waals surface area contributed by atoms with Crippen molar-refractivity contribution in [3.05, 3.63) is 30.7 Å². The van der Waals surface area contributed by atoms with Crippen molar-refractivity contribution in [2.45, 2.75) is 0 Å². The van der Waals surface area contributed by atoms with Crippen molar-refractivity contribution < 1.29 is 0 Å². The van der Waals surface area contributed by atoms with E-state index < -0.39 is 0 Å². The summed E-state index contributed by atoms with van der Waals surface area (Å²) in [6.07, 6.45) is 0. The van der Waals surface area contributed by atoms with E-state index in [9.17, 15) is 0 Å². The minimum Gasteiger partial charge on any atom is -0.143 e. The van der Waals surface area contributed by atoms with Crippen LogP contribution in [-0.4, -0.2) is 0 Å². The molecule has 1 aromatic carbocycles. The van der Waals surface area contributed by atoms with E-state index in [1.165, 1.54) is 17.2 Å². The Kier molecular flexibility index (Phi) is 2.38. The Bertz CT molecular complexity index is 356. The zero-order valence-electron chi connectivity index (χ0n) is 5.47. The summed E-state index contributed by atoms with van der Waals surface area (Å²) in [5.74, 6) is 0. The van der Waals surface area contributed by atoms with Crippen molar-refractivity contribution in [1.29, 1.82) is 0 Å². The van der Waals surface area contributed by atoms with Gasteiger partial charge in [0.15, 0.2) is 0 Å². The van der Waals surface area contributed by atoms with Crippen LogP contribution in [-0.2, 0) is 0 Å². The first-order valence-electron chi connectivity index (χ1n) is 3.10. The highest BCUT2D eigenvalue weighted by atomic mass is 127. The highest BCUT2D eigenvalue weighted by Crippen LogP contribution is 2.29. The van der Waals surface area contributed by atoms with Crippen LogP contribution in [0.25, 0.3) is 10.1 Å². The number of hydrogen-bond acceptors (Lipinski definition) is 1. The molecule has 0 aliphatic heterocycles. The summed E-state index contributed by atoms with van der Waals surface area (Å²) in [6.45, 7) is 0. The van der Waals surface area contributed by atoms with Crippen molar-refractivity contribution in [2.24, 2.45) is 0 Å². The van der Waals surface area contributed by atoms with Crippen LogP contribution in [0.5, 0.6) is 0 Å². The van der Waals surface area contributed by atoms with E-state index in [0.717, 1.165) is 0 Å². The van der Waals surface area contributed by atoms with Gasteiger partial charge < -0.3 is 0 Å². The Morgan fingerprint density at radius 1 is 1.00 bits per heavy atom. The van der Waals surface area contributed by atoms with Crippen molar-refractivity contribution in [3.63, 3.8) is 0 Å². The molecule has 1 heterocycles. The number of fused-ring (bicyclic) bond motifs is 1. The second kappa shape index (κ2) is 3.18. The fourth-order valence-corrected chi connectivity index (χ4v) is 3.48. The largest absolute Gasteiger partial charge is 0.143 e. The Balaban J connectivity index is 2.96. The number of hydrogen-bond donors (Lipinski definition) is 0. The van der Waals surface area contributed by atoms with Crippen LogP contribution in [0.2, 0.25) is 0 Å². The average molecular weight is 386 g/mol. The summed E-state index contributed by atoms with van der Waals surface area (Å²) < 4.78 is 4.12. The summed E-state index contributed by atoms with van der Waals surface area (Å²) in [4.78, 5) is 0. The second-order valence-corrected chi connectivity index (χ2v) is 5.43. The Morgan fingerprint density at radius 2 is 1.73 bits per heavy atom. The monoisotopic (exact) mass is 386 g/mol. The minimum atomic E-state index is 1.35. The Morgan fingerprint density at radius 3 is 2.45 bits per heavy atom. The molecule has 1 aromatic heterocycles. The van der Waals surface area contributed by atoms with E-state index >= 15 is 0 Å². The predicted molar refractivity (Wildman–Crippen MR) is 67.3 cm³/mol. The molecule has 0 saturated carbocycles. The number of thiophene rings is 1. The molecule has 11 heavy (non-hydrogen) atoms. The van der Waals surface area contributed by atoms with Gasteiger partial charge in [-0.2, -0.15) is 0 Å². The van der Waals surface area contributed by atoms with E-state index in [-0.39, 0.29) is 0 Å². The van der Waals surface area contributed by atoms with Gasteiger partial charge in [0.1, 0.15) is 0 Å². The maximum atomic E-state index is 2.38. The van der Waals surface area contributed by atoms with Crippen LogP contribution in [0, 0.1) is 7.14 Å². The number of rotatable bonds is 0. The fraction of sp³-hybridized carbons (Fsp3) is 0. The third kappa shape index (κ3) is 1.42. The molecular weight excluding hydrogens is 382 g/mol.